The Kier molecular flexibility index (Phi) is 10.5. The molecule has 0 aliphatic heterocycles. The van der Waals surface area contributed by atoms with E-state index in [1.165, 1.54) is 66.6 Å². The Hall–Kier alpha value is 0.500. The van der Waals surface area contributed by atoms with Crippen LogP contribution in [0.25, 0.3) is 0 Å². The smallest absolute Gasteiger partial charge is 0.0995 e. The summed E-state index contributed by atoms with van der Waals surface area (Å²) in [4.78, 5) is 0. The van der Waals surface area contributed by atoms with Crippen molar-refractivity contribution in [2.75, 3.05) is 26.2 Å². The molecule has 4 heteroatoms. The van der Waals surface area contributed by atoms with Crippen molar-refractivity contribution in [3.05, 3.63) is 0 Å². The first-order valence-electron chi connectivity index (χ1n) is 8.30. The first-order valence-corrected chi connectivity index (χ1v) is 8.98. The maximum Gasteiger partial charge on any atom is 0.0995 e. The van der Waals surface area contributed by atoms with Crippen molar-refractivity contribution in [1.29, 1.82) is 0 Å². The average Bonchev–Trinajstić information content (AvgIpc) is 2.40. The van der Waals surface area contributed by atoms with E-state index in [1.807, 2.05) is 0 Å². The second-order valence-electron chi connectivity index (χ2n) is 6.78. The zero-order valence-electron chi connectivity index (χ0n) is 14.2. The summed E-state index contributed by atoms with van der Waals surface area (Å²) >= 11 is 12.1. The minimum atomic E-state index is -0.182. The third kappa shape index (κ3) is 7.49. The molecule has 0 N–H and O–H groups in total. The number of quaternary nitrogens is 1. The number of halogens is 2. The van der Waals surface area contributed by atoms with E-state index < -0.39 is 0 Å². The van der Waals surface area contributed by atoms with Crippen LogP contribution in [0, 0.1) is 0 Å². The summed E-state index contributed by atoms with van der Waals surface area (Å²) < 4.78 is 2.52. The highest BCUT2D eigenvalue weighted by molar-refractivity contribution is 6.34. The van der Waals surface area contributed by atoms with Crippen LogP contribution in [0.15, 0.2) is 0 Å². The molecular weight excluding hydrogens is 291 g/mol. The topological polar surface area (TPSA) is 3.24 Å². The normalized spacial score (nSPS) is 13.2. The van der Waals surface area contributed by atoms with E-state index in [0.717, 1.165) is 6.54 Å². The van der Waals surface area contributed by atoms with Gasteiger partial charge in [0.1, 0.15) is 0 Å². The number of rotatable bonds is 12. The van der Waals surface area contributed by atoms with E-state index in [9.17, 15) is 0 Å². The van der Waals surface area contributed by atoms with Crippen molar-refractivity contribution in [1.82, 2.24) is 3.94 Å². The van der Waals surface area contributed by atoms with Crippen LogP contribution in [-0.4, -0.2) is 40.1 Å². The zero-order chi connectivity index (χ0) is 15.6. The van der Waals surface area contributed by atoms with Crippen LogP contribution in [-0.2, 0) is 0 Å². The summed E-state index contributed by atoms with van der Waals surface area (Å²) in [6.45, 7) is 15.9. The van der Waals surface area contributed by atoms with Crippen LogP contribution in [0.5, 0.6) is 0 Å². The number of hydrogen-bond donors (Lipinski definition) is 0. The summed E-state index contributed by atoms with van der Waals surface area (Å²) in [5, 5.41) is 0. The van der Waals surface area contributed by atoms with Crippen molar-refractivity contribution in [2.24, 2.45) is 0 Å². The van der Waals surface area contributed by atoms with Gasteiger partial charge < -0.3 is 4.48 Å². The van der Waals surface area contributed by atoms with Crippen molar-refractivity contribution >= 4 is 23.6 Å². The molecule has 0 heterocycles. The molecule has 0 radical (unpaired) electrons. The summed E-state index contributed by atoms with van der Waals surface area (Å²) in [5.74, 6) is 0. The molecule has 0 atom stereocenters. The van der Waals surface area contributed by atoms with Crippen LogP contribution in [0.2, 0.25) is 0 Å². The number of hydrogen-bond acceptors (Lipinski definition) is 1. The van der Waals surface area contributed by atoms with E-state index in [0.29, 0.717) is 0 Å². The van der Waals surface area contributed by atoms with Crippen molar-refractivity contribution in [2.45, 2.75) is 78.7 Å². The van der Waals surface area contributed by atoms with Gasteiger partial charge in [0.05, 0.1) is 31.7 Å². The number of unbranched alkanes of at least 4 members (excludes halogenated alkanes) is 3. The monoisotopic (exact) mass is 325 g/mol. The quantitative estimate of drug-likeness (QED) is 0.334. The first kappa shape index (κ1) is 20.5. The van der Waals surface area contributed by atoms with Gasteiger partial charge in [0.15, 0.2) is 0 Å². The van der Waals surface area contributed by atoms with Gasteiger partial charge in [-0.05, 0) is 56.7 Å². The molecule has 0 fully saturated rings. The van der Waals surface area contributed by atoms with Crippen molar-refractivity contribution < 1.29 is 4.48 Å². The molecular formula is C16H35Cl2N2+. The summed E-state index contributed by atoms with van der Waals surface area (Å²) in [6.07, 6.45) is 7.62. The van der Waals surface area contributed by atoms with Gasteiger partial charge in [-0.1, -0.05) is 40.0 Å². The summed E-state index contributed by atoms with van der Waals surface area (Å²) in [6, 6.07) is 0. The molecule has 0 aromatic rings. The van der Waals surface area contributed by atoms with Crippen molar-refractivity contribution in [3.8, 4) is 0 Å². The molecule has 122 valence electrons. The summed E-state index contributed by atoms with van der Waals surface area (Å²) in [7, 11) is 0. The Morgan fingerprint density at radius 3 is 1.40 bits per heavy atom. The second-order valence-corrected chi connectivity index (χ2v) is 7.63. The Labute approximate surface area is 137 Å². The highest BCUT2D eigenvalue weighted by Gasteiger charge is 2.37. The van der Waals surface area contributed by atoms with E-state index in [4.69, 9.17) is 23.6 Å². The van der Waals surface area contributed by atoms with Gasteiger partial charge in [-0.15, -0.1) is 3.94 Å². The van der Waals surface area contributed by atoms with Gasteiger partial charge in [0.2, 0.25) is 0 Å². The molecule has 20 heavy (non-hydrogen) atoms. The van der Waals surface area contributed by atoms with E-state index in [2.05, 4.69) is 34.6 Å². The first-order chi connectivity index (χ1) is 9.33. The molecule has 2 nitrogen and oxygen atoms in total. The fraction of sp³-hybridized carbons (Fsp3) is 1.00. The molecule has 0 aromatic carbocycles. The lowest BCUT2D eigenvalue weighted by Crippen LogP contribution is -2.58. The van der Waals surface area contributed by atoms with Gasteiger partial charge in [-0.25, -0.2) is 0 Å². The maximum absolute atomic E-state index is 6.07. The predicted octanol–water partition coefficient (Wildman–Crippen LogP) is 5.59. The number of nitrogens with zero attached hydrogens (tertiary/aromatic N) is 2. The average molecular weight is 326 g/mol. The Morgan fingerprint density at radius 2 is 1.15 bits per heavy atom. The highest BCUT2D eigenvalue weighted by atomic mass is 35.5. The van der Waals surface area contributed by atoms with Gasteiger partial charge in [0, 0.05) is 0 Å². The fourth-order valence-electron chi connectivity index (χ4n) is 2.93. The van der Waals surface area contributed by atoms with E-state index in [-0.39, 0.29) is 5.54 Å². The lowest BCUT2D eigenvalue weighted by atomic mass is 10.0. The largest absolute Gasteiger partial charge is 0.322 e. The molecule has 0 rings (SSSR count). The molecule has 0 aromatic heterocycles. The highest BCUT2D eigenvalue weighted by Crippen LogP contribution is 2.26. The Morgan fingerprint density at radius 1 is 0.800 bits per heavy atom. The lowest BCUT2D eigenvalue weighted by molar-refractivity contribution is -0.932. The molecule has 0 saturated heterocycles. The Balaban J connectivity index is 5.01. The standard InChI is InChI=1S/C16H35Cl2N2/c1-6-9-12-20(13-10-7-2,14-11-8-3)15-16(4,5)19(17)18/h6-15H2,1-5H3/q+1. The minimum absolute atomic E-state index is 0.182. The minimum Gasteiger partial charge on any atom is -0.322 e. The molecule has 0 aliphatic carbocycles. The predicted molar refractivity (Wildman–Crippen MR) is 92.1 cm³/mol. The van der Waals surface area contributed by atoms with Crippen LogP contribution in [0.3, 0.4) is 0 Å². The van der Waals surface area contributed by atoms with Crippen LogP contribution >= 0.6 is 23.6 Å². The molecule has 0 amide bonds. The van der Waals surface area contributed by atoms with E-state index >= 15 is 0 Å². The second kappa shape index (κ2) is 10.3. The van der Waals surface area contributed by atoms with Crippen molar-refractivity contribution in [3.63, 3.8) is 0 Å². The third-order valence-electron chi connectivity index (χ3n) is 4.14. The molecule has 0 saturated carbocycles. The van der Waals surface area contributed by atoms with Gasteiger partial charge in [-0.3, -0.25) is 0 Å². The molecule has 0 aliphatic rings. The van der Waals surface area contributed by atoms with Gasteiger partial charge in [0.25, 0.3) is 0 Å². The van der Waals surface area contributed by atoms with Gasteiger partial charge >= 0.3 is 0 Å². The summed E-state index contributed by atoms with van der Waals surface area (Å²) in [5.41, 5.74) is -0.182. The Bertz CT molecular complexity index is 221. The fourth-order valence-corrected chi connectivity index (χ4v) is 3.03. The molecule has 0 unspecified atom stereocenters. The van der Waals surface area contributed by atoms with Crippen LogP contribution < -0.4 is 0 Å². The van der Waals surface area contributed by atoms with Crippen LogP contribution in [0.4, 0.5) is 0 Å². The van der Waals surface area contributed by atoms with Crippen LogP contribution in [0.1, 0.15) is 73.1 Å². The molecule has 0 bridgehead atoms. The van der Waals surface area contributed by atoms with E-state index in [1.54, 1.807) is 0 Å². The molecule has 0 spiro atoms. The lowest BCUT2D eigenvalue weighted by Gasteiger charge is -2.44. The zero-order valence-corrected chi connectivity index (χ0v) is 15.7. The maximum atomic E-state index is 6.07. The third-order valence-corrected chi connectivity index (χ3v) is 5.05. The SMILES string of the molecule is CCCC[N+](CCCC)(CCCC)CC(C)(C)N(Cl)Cl. The van der Waals surface area contributed by atoms with Gasteiger partial charge in [-0.2, -0.15) is 0 Å².